The minimum atomic E-state index is -3.91. The fourth-order valence-electron chi connectivity index (χ4n) is 3.44. The number of nitrogens with zero attached hydrogens (tertiary/aromatic N) is 2. The number of halogens is 2. The highest BCUT2D eigenvalue weighted by Crippen LogP contribution is 2.33. The molecule has 0 saturated carbocycles. The highest BCUT2D eigenvalue weighted by Gasteiger charge is 2.31. The summed E-state index contributed by atoms with van der Waals surface area (Å²) in [6, 6.07) is 8.29. The van der Waals surface area contributed by atoms with E-state index in [4.69, 9.17) is 32.7 Å². The number of amides is 2. The van der Waals surface area contributed by atoms with Gasteiger partial charge < -0.3 is 19.7 Å². The van der Waals surface area contributed by atoms with Gasteiger partial charge in [-0.3, -0.25) is 13.9 Å². The van der Waals surface area contributed by atoms with E-state index in [-0.39, 0.29) is 18.3 Å². The van der Waals surface area contributed by atoms with Crippen molar-refractivity contribution in [2.24, 2.45) is 0 Å². The second kappa shape index (κ2) is 12.5. The number of ether oxygens (including phenoxy) is 2. The summed E-state index contributed by atoms with van der Waals surface area (Å²) in [7, 11) is -1.04. The van der Waals surface area contributed by atoms with E-state index in [0.717, 1.165) is 10.6 Å². The highest BCUT2D eigenvalue weighted by atomic mass is 35.5. The minimum Gasteiger partial charge on any atom is -0.493 e. The first kappa shape index (κ1) is 29.5. The molecule has 0 saturated heterocycles. The third-order valence-corrected chi connectivity index (χ3v) is 7.17. The molecule has 9 nitrogen and oxygen atoms in total. The van der Waals surface area contributed by atoms with Gasteiger partial charge in [0.25, 0.3) is 0 Å². The maximum atomic E-state index is 13.6. The smallest absolute Gasteiger partial charge is 0.244 e. The van der Waals surface area contributed by atoms with Crippen molar-refractivity contribution in [3.8, 4) is 11.5 Å². The van der Waals surface area contributed by atoms with E-state index >= 15 is 0 Å². The van der Waals surface area contributed by atoms with E-state index in [1.807, 2.05) is 0 Å². The van der Waals surface area contributed by atoms with Crippen LogP contribution >= 0.6 is 23.2 Å². The Morgan fingerprint density at radius 3 is 2.08 bits per heavy atom. The number of benzene rings is 2. The molecule has 0 bridgehead atoms. The highest BCUT2D eigenvalue weighted by molar-refractivity contribution is 7.92. The standard InChI is InChI=1S/C24H31Cl2N3O6S/c1-15(2)27-24(31)16(3)28(13-18-19(25)8-7-9-20(18)26)23(30)14-29(36(6,32)33)17-10-11-21(34-4)22(12-17)35-5/h7-12,15-16H,13-14H2,1-6H3,(H,27,31)/t16-/m0/s1. The molecule has 2 rings (SSSR count). The fourth-order valence-corrected chi connectivity index (χ4v) is 4.79. The van der Waals surface area contributed by atoms with E-state index in [2.05, 4.69) is 5.32 Å². The van der Waals surface area contributed by atoms with Crippen LogP contribution in [0.1, 0.15) is 26.3 Å². The summed E-state index contributed by atoms with van der Waals surface area (Å²) < 4.78 is 36.9. The van der Waals surface area contributed by atoms with Crippen molar-refractivity contribution in [1.82, 2.24) is 10.2 Å². The Morgan fingerprint density at radius 1 is 1.00 bits per heavy atom. The van der Waals surface area contributed by atoms with Crippen molar-refractivity contribution in [3.05, 3.63) is 52.0 Å². The van der Waals surface area contributed by atoms with Crippen LogP contribution in [-0.2, 0) is 26.2 Å². The van der Waals surface area contributed by atoms with Gasteiger partial charge in [-0.1, -0.05) is 29.3 Å². The van der Waals surface area contributed by atoms with Crippen LogP contribution in [0.25, 0.3) is 0 Å². The molecule has 2 amide bonds. The Bertz CT molecular complexity index is 1190. The normalized spacial score (nSPS) is 12.1. The molecule has 0 fully saturated rings. The lowest BCUT2D eigenvalue weighted by molar-refractivity contribution is -0.139. The first-order valence-electron chi connectivity index (χ1n) is 11.0. The maximum absolute atomic E-state index is 13.6. The number of hydrogen-bond acceptors (Lipinski definition) is 6. The molecule has 12 heteroatoms. The Morgan fingerprint density at radius 2 is 1.58 bits per heavy atom. The van der Waals surface area contributed by atoms with E-state index < -0.39 is 34.4 Å². The molecular formula is C24H31Cl2N3O6S. The fraction of sp³-hybridized carbons (Fsp3) is 0.417. The summed E-state index contributed by atoms with van der Waals surface area (Å²) in [5.41, 5.74) is 0.633. The van der Waals surface area contributed by atoms with E-state index in [1.165, 1.54) is 37.3 Å². The van der Waals surface area contributed by atoms with Gasteiger partial charge in [0.1, 0.15) is 12.6 Å². The van der Waals surface area contributed by atoms with Gasteiger partial charge in [0.05, 0.1) is 26.2 Å². The van der Waals surface area contributed by atoms with Crippen LogP contribution in [0.3, 0.4) is 0 Å². The van der Waals surface area contributed by atoms with E-state index in [1.54, 1.807) is 39.0 Å². The largest absolute Gasteiger partial charge is 0.493 e. The Hall–Kier alpha value is -2.69. The molecule has 0 aromatic heterocycles. The zero-order valence-electron chi connectivity index (χ0n) is 21.0. The van der Waals surface area contributed by atoms with Crippen molar-refractivity contribution in [3.63, 3.8) is 0 Å². The average molecular weight is 561 g/mol. The molecule has 1 atom stereocenters. The number of sulfonamides is 1. The summed E-state index contributed by atoms with van der Waals surface area (Å²) in [6.07, 6.45) is 0.987. The van der Waals surface area contributed by atoms with Crippen LogP contribution in [0.5, 0.6) is 11.5 Å². The van der Waals surface area contributed by atoms with Crippen LogP contribution in [0.15, 0.2) is 36.4 Å². The summed E-state index contributed by atoms with van der Waals surface area (Å²) in [5, 5.41) is 3.41. The first-order valence-corrected chi connectivity index (χ1v) is 13.6. The van der Waals surface area contributed by atoms with Gasteiger partial charge in [0.2, 0.25) is 21.8 Å². The number of nitrogens with one attached hydrogen (secondary N) is 1. The van der Waals surface area contributed by atoms with Gasteiger partial charge in [-0.15, -0.1) is 0 Å². The van der Waals surface area contributed by atoms with Crippen molar-refractivity contribution < 1.29 is 27.5 Å². The van der Waals surface area contributed by atoms with Gasteiger partial charge in [0.15, 0.2) is 11.5 Å². The molecule has 2 aromatic rings. The average Bonchev–Trinajstić information content (AvgIpc) is 2.80. The van der Waals surface area contributed by atoms with Crippen LogP contribution in [0.4, 0.5) is 5.69 Å². The topological polar surface area (TPSA) is 105 Å². The molecule has 0 aliphatic carbocycles. The Balaban J connectivity index is 2.50. The van der Waals surface area contributed by atoms with Gasteiger partial charge in [-0.05, 0) is 45.0 Å². The molecule has 0 heterocycles. The minimum absolute atomic E-state index is 0.104. The monoisotopic (exact) mass is 559 g/mol. The molecule has 36 heavy (non-hydrogen) atoms. The van der Waals surface area contributed by atoms with Crippen molar-refractivity contribution in [2.45, 2.75) is 39.4 Å². The Labute approximate surface area is 222 Å². The quantitative estimate of drug-likeness (QED) is 0.449. The molecule has 0 aliphatic rings. The van der Waals surface area contributed by atoms with Crippen LogP contribution in [0.2, 0.25) is 10.0 Å². The number of carbonyl (C=O) groups is 2. The molecule has 198 valence electrons. The second-order valence-corrected chi connectivity index (χ2v) is 11.1. The molecule has 1 N–H and O–H groups in total. The molecule has 0 spiro atoms. The molecule has 2 aromatic carbocycles. The van der Waals surface area contributed by atoms with Crippen LogP contribution < -0.4 is 19.1 Å². The number of anilines is 1. The molecule has 0 unspecified atom stereocenters. The lowest BCUT2D eigenvalue weighted by Crippen LogP contribution is -2.52. The maximum Gasteiger partial charge on any atom is 0.244 e. The molecule has 0 radical (unpaired) electrons. The lowest BCUT2D eigenvalue weighted by atomic mass is 10.1. The van der Waals surface area contributed by atoms with E-state index in [9.17, 15) is 18.0 Å². The molecule has 0 aliphatic heterocycles. The zero-order valence-corrected chi connectivity index (χ0v) is 23.4. The summed E-state index contributed by atoms with van der Waals surface area (Å²) in [6.45, 7) is 4.47. The second-order valence-electron chi connectivity index (χ2n) is 8.37. The van der Waals surface area contributed by atoms with Gasteiger partial charge in [-0.2, -0.15) is 0 Å². The third-order valence-electron chi connectivity index (χ3n) is 5.32. The van der Waals surface area contributed by atoms with E-state index in [0.29, 0.717) is 27.1 Å². The molecular weight excluding hydrogens is 529 g/mol. The van der Waals surface area contributed by atoms with Crippen LogP contribution in [0, 0.1) is 0 Å². The number of carbonyl (C=O) groups excluding carboxylic acids is 2. The van der Waals surface area contributed by atoms with Gasteiger partial charge >= 0.3 is 0 Å². The first-order chi connectivity index (χ1) is 16.8. The number of methoxy groups -OCH3 is 2. The number of hydrogen-bond donors (Lipinski definition) is 1. The lowest BCUT2D eigenvalue weighted by Gasteiger charge is -2.32. The van der Waals surface area contributed by atoms with Crippen molar-refractivity contribution in [1.29, 1.82) is 0 Å². The third kappa shape index (κ3) is 7.41. The SMILES string of the molecule is COc1ccc(N(CC(=O)N(Cc2c(Cl)cccc2Cl)[C@@H](C)C(=O)NC(C)C)S(C)(=O)=O)cc1OC. The summed E-state index contributed by atoms with van der Waals surface area (Å²) in [4.78, 5) is 27.7. The predicted octanol–water partition coefficient (Wildman–Crippen LogP) is 3.72. The Kier molecular flexibility index (Phi) is 10.3. The van der Waals surface area contributed by atoms with Crippen molar-refractivity contribution >= 4 is 50.7 Å². The predicted molar refractivity (Wildman–Crippen MR) is 141 cm³/mol. The van der Waals surface area contributed by atoms with Crippen molar-refractivity contribution in [2.75, 3.05) is 31.3 Å². The van der Waals surface area contributed by atoms with Gasteiger partial charge in [-0.25, -0.2) is 8.42 Å². The zero-order chi connectivity index (χ0) is 27.2. The summed E-state index contributed by atoms with van der Waals surface area (Å²) in [5.74, 6) is -0.341. The van der Waals surface area contributed by atoms with Crippen LogP contribution in [-0.4, -0.2) is 64.2 Å². The van der Waals surface area contributed by atoms with Gasteiger partial charge in [0, 0.05) is 34.3 Å². The summed E-state index contributed by atoms with van der Waals surface area (Å²) >= 11 is 12.7. The number of rotatable bonds is 11.